The fourth-order valence-electron chi connectivity index (χ4n) is 1.28. The summed E-state index contributed by atoms with van der Waals surface area (Å²) in [7, 11) is -4.91. The second-order valence-corrected chi connectivity index (χ2v) is 5.30. The van der Waals surface area contributed by atoms with Crippen LogP contribution < -0.4 is 10.5 Å². The lowest BCUT2D eigenvalue weighted by Gasteiger charge is -2.14. The van der Waals surface area contributed by atoms with Crippen LogP contribution in [-0.4, -0.2) is 14.5 Å². The van der Waals surface area contributed by atoms with Gasteiger partial charge in [-0.15, -0.1) is 0 Å². The van der Waals surface area contributed by atoms with Gasteiger partial charge in [0.1, 0.15) is 5.69 Å². The predicted octanol–water partition coefficient (Wildman–Crippen LogP) is 1.71. The number of hydrogen-bond donors (Lipinski definition) is 2. The van der Waals surface area contributed by atoms with Gasteiger partial charge in [0.15, 0.2) is 28.2 Å². The van der Waals surface area contributed by atoms with E-state index in [9.17, 15) is 26.0 Å². The van der Waals surface area contributed by atoms with Crippen molar-refractivity contribution in [3.63, 3.8) is 0 Å². The lowest BCUT2D eigenvalue weighted by atomic mass is 10.2. The average Bonchev–Trinajstić information content (AvgIpc) is 2.19. The van der Waals surface area contributed by atoms with Crippen molar-refractivity contribution < 1.29 is 26.0 Å². The van der Waals surface area contributed by atoms with Crippen LogP contribution in [0.4, 0.5) is 23.2 Å². The van der Waals surface area contributed by atoms with Gasteiger partial charge in [0, 0.05) is 6.04 Å². The minimum atomic E-state index is -4.91. The van der Waals surface area contributed by atoms with Crippen molar-refractivity contribution in [2.75, 3.05) is 5.32 Å². The highest BCUT2D eigenvalue weighted by Gasteiger charge is 2.31. The number of halogens is 4. The Hall–Kier alpha value is -1.35. The topological polar surface area (TPSA) is 72.2 Å². The number of hydrogen-bond acceptors (Lipinski definition) is 3. The molecule has 0 aliphatic carbocycles. The van der Waals surface area contributed by atoms with Crippen molar-refractivity contribution in [2.24, 2.45) is 5.14 Å². The van der Waals surface area contributed by atoms with Crippen molar-refractivity contribution in [3.8, 4) is 0 Å². The summed E-state index contributed by atoms with van der Waals surface area (Å²) in [5.41, 5.74) is -1.08. The molecule has 0 amide bonds. The number of sulfonamides is 1. The number of anilines is 1. The van der Waals surface area contributed by atoms with E-state index in [-0.39, 0.29) is 0 Å². The molecule has 0 aromatic heterocycles. The van der Waals surface area contributed by atoms with Crippen LogP contribution >= 0.6 is 0 Å². The molecule has 4 nitrogen and oxygen atoms in total. The summed E-state index contributed by atoms with van der Waals surface area (Å²) in [6.07, 6.45) is 0. The van der Waals surface area contributed by atoms with Gasteiger partial charge >= 0.3 is 0 Å². The third-order valence-corrected chi connectivity index (χ3v) is 2.87. The van der Waals surface area contributed by atoms with Crippen LogP contribution in [0, 0.1) is 23.3 Å². The van der Waals surface area contributed by atoms with E-state index in [1.807, 2.05) is 0 Å². The Morgan fingerprint density at radius 2 is 1.39 bits per heavy atom. The van der Waals surface area contributed by atoms with E-state index in [1.54, 1.807) is 0 Å². The zero-order valence-electron chi connectivity index (χ0n) is 9.39. The molecule has 0 saturated carbocycles. The summed E-state index contributed by atoms with van der Waals surface area (Å²) in [5, 5.41) is 6.62. The van der Waals surface area contributed by atoms with Gasteiger partial charge in [-0.05, 0) is 13.8 Å². The lowest BCUT2D eigenvalue weighted by molar-refractivity contribution is 0.422. The maximum atomic E-state index is 13.4. The van der Waals surface area contributed by atoms with E-state index in [1.165, 1.54) is 13.8 Å². The molecule has 0 aliphatic rings. The van der Waals surface area contributed by atoms with Gasteiger partial charge in [0.05, 0.1) is 0 Å². The van der Waals surface area contributed by atoms with Crippen molar-refractivity contribution in [1.82, 2.24) is 0 Å². The smallest absolute Gasteiger partial charge is 0.244 e. The SMILES string of the molecule is CC(C)Nc1c(F)c(F)c(S(N)(=O)=O)c(F)c1F. The van der Waals surface area contributed by atoms with E-state index >= 15 is 0 Å². The molecule has 0 aliphatic heterocycles. The molecule has 18 heavy (non-hydrogen) atoms. The molecule has 1 aromatic carbocycles. The summed E-state index contributed by atoms with van der Waals surface area (Å²) in [6, 6.07) is -0.520. The Labute approximate surface area is 101 Å². The Morgan fingerprint density at radius 1 is 1.00 bits per heavy atom. The lowest BCUT2D eigenvalue weighted by Crippen LogP contribution is -2.21. The largest absolute Gasteiger partial charge is 0.378 e. The van der Waals surface area contributed by atoms with Gasteiger partial charge in [0.2, 0.25) is 10.0 Å². The maximum absolute atomic E-state index is 13.4. The standard InChI is InChI=1S/C9H10F4N2O2S/c1-3(2)15-8-4(10)6(12)9(18(14,16)17)7(13)5(8)11/h3,15H,1-2H3,(H2,14,16,17). The minimum absolute atomic E-state index is 0.520. The fraction of sp³-hybridized carbons (Fsp3) is 0.333. The first kappa shape index (κ1) is 14.7. The van der Waals surface area contributed by atoms with Crippen LogP contribution in [0.2, 0.25) is 0 Å². The van der Waals surface area contributed by atoms with Gasteiger partial charge in [-0.2, -0.15) is 0 Å². The Bertz CT molecular complexity index is 558. The van der Waals surface area contributed by atoms with Crippen molar-refractivity contribution in [2.45, 2.75) is 24.8 Å². The predicted molar refractivity (Wildman–Crippen MR) is 56.4 cm³/mol. The van der Waals surface area contributed by atoms with Crippen LogP contribution in [0.25, 0.3) is 0 Å². The molecule has 0 heterocycles. The first-order chi connectivity index (χ1) is 8.07. The van der Waals surface area contributed by atoms with Crippen molar-refractivity contribution >= 4 is 15.7 Å². The van der Waals surface area contributed by atoms with Gasteiger partial charge in [0.25, 0.3) is 0 Å². The molecule has 0 saturated heterocycles. The van der Waals surface area contributed by atoms with Gasteiger partial charge < -0.3 is 5.32 Å². The van der Waals surface area contributed by atoms with E-state index in [4.69, 9.17) is 0 Å². The molecular formula is C9H10F4N2O2S. The fourth-order valence-corrected chi connectivity index (χ4v) is 1.96. The second kappa shape index (κ2) is 4.73. The van der Waals surface area contributed by atoms with Crippen molar-refractivity contribution in [3.05, 3.63) is 23.3 Å². The summed E-state index contributed by atoms with van der Waals surface area (Å²) in [4.78, 5) is -1.83. The number of benzene rings is 1. The molecule has 1 rings (SSSR count). The van der Waals surface area contributed by atoms with E-state index < -0.39 is 49.9 Å². The molecular weight excluding hydrogens is 276 g/mol. The molecule has 0 fully saturated rings. The Balaban J connectivity index is 3.66. The summed E-state index contributed by atoms with van der Waals surface area (Å²) in [5.74, 6) is -7.79. The molecule has 3 N–H and O–H groups in total. The normalized spacial score (nSPS) is 12.0. The Kier molecular flexibility index (Phi) is 3.86. The monoisotopic (exact) mass is 286 g/mol. The van der Waals surface area contributed by atoms with Gasteiger partial charge in [-0.25, -0.2) is 31.1 Å². The van der Waals surface area contributed by atoms with E-state index in [0.717, 1.165) is 0 Å². The van der Waals surface area contributed by atoms with Crippen LogP contribution in [0.1, 0.15) is 13.8 Å². The molecule has 0 unspecified atom stereocenters. The highest BCUT2D eigenvalue weighted by atomic mass is 32.2. The highest BCUT2D eigenvalue weighted by molar-refractivity contribution is 7.89. The summed E-state index contributed by atoms with van der Waals surface area (Å²) >= 11 is 0. The quantitative estimate of drug-likeness (QED) is 0.656. The average molecular weight is 286 g/mol. The highest BCUT2D eigenvalue weighted by Crippen LogP contribution is 2.30. The van der Waals surface area contributed by atoms with Crippen LogP contribution in [0.3, 0.4) is 0 Å². The van der Waals surface area contributed by atoms with Crippen LogP contribution in [-0.2, 0) is 10.0 Å². The van der Waals surface area contributed by atoms with Crippen LogP contribution in [0.15, 0.2) is 4.90 Å². The van der Waals surface area contributed by atoms with Gasteiger partial charge in [-0.1, -0.05) is 0 Å². The summed E-state index contributed by atoms with van der Waals surface area (Å²) in [6.45, 7) is 2.95. The van der Waals surface area contributed by atoms with Crippen molar-refractivity contribution in [1.29, 1.82) is 0 Å². The van der Waals surface area contributed by atoms with E-state index in [2.05, 4.69) is 10.5 Å². The number of nitrogens with two attached hydrogens (primary N) is 1. The molecule has 0 radical (unpaired) electrons. The third-order valence-electron chi connectivity index (χ3n) is 1.94. The van der Waals surface area contributed by atoms with Gasteiger partial charge in [-0.3, -0.25) is 0 Å². The number of nitrogens with one attached hydrogen (secondary N) is 1. The molecule has 1 aromatic rings. The van der Waals surface area contributed by atoms with E-state index in [0.29, 0.717) is 0 Å². The second-order valence-electron chi connectivity index (χ2n) is 3.80. The minimum Gasteiger partial charge on any atom is -0.378 e. The summed E-state index contributed by atoms with van der Waals surface area (Å²) < 4.78 is 75.3. The maximum Gasteiger partial charge on any atom is 0.244 e. The molecule has 9 heteroatoms. The first-order valence-corrected chi connectivity index (χ1v) is 6.27. The molecule has 0 atom stereocenters. The van der Waals surface area contributed by atoms with Crippen LogP contribution in [0.5, 0.6) is 0 Å². The molecule has 0 bridgehead atoms. The number of rotatable bonds is 3. The molecule has 0 spiro atoms. The zero-order chi connectivity index (χ0) is 14.2. The zero-order valence-corrected chi connectivity index (χ0v) is 10.2. The Morgan fingerprint density at radius 3 is 1.67 bits per heavy atom. The number of primary sulfonamides is 1. The molecule has 102 valence electrons. The first-order valence-electron chi connectivity index (χ1n) is 4.72. The third kappa shape index (κ3) is 2.56.